The molecule has 132 valence electrons. The number of ether oxygens (including phenoxy) is 1. The molecule has 6 nitrogen and oxygen atoms in total. The molecule has 1 fully saturated rings. The van der Waals surface area contributed by atoms with Crippen molar-refractivity contribution in [1.82, 2.24) is 10.1 Å². The summed E-state index contributed by atoms with van der Waals surface area (Å²) in [6, 6.07) is 14.6. The number of nitrogens with one attached hydrogen (secondary N) is 1. The van der Waals surface area contributed by atoms with Crippen LogP contribution in [0.1, 0.15) is 12.8 Å². The fraction of sp³-hybridized carbons (Fsp3) is 0.211. The zero-order chi connectivity index (χ0) is 17.9. The van der Waals surface area contributed by atoms with Crippen molar-refractivity contribution in [2.45, 2.75) is 18.9 Å². The summed E-state index contributed by atoms with van der Waals surface area (Å²) in [6.45, 7) is 0.616. The lowest BCUT2D eigenvalue weighted by Crippen LogP contribution is -2.27. The highest BCUT2D eigenvalue weighted by Crippen LogP contribution is 2.31. The van der Waals surface area contributed by atoms with Gasteiger partial charge < -0.3 is 14.6 Å². The van der Waals surface area contributed by atoms with E-state index in [1.807, 2.05) is 36.4 Å². The summed E-state index contributed by atoms with van der Waals surface area (Å²) in [6.07, 6.45) is 1.21. The highest BCUT2D eigenvalue weighted by atomic mass is 35.5. The van der Waals surface area contributed by atoms with Gasteiger partial charge >= 0.3 is 0 Å². The maximum Gasteiger partial charge on any atom is 0.260 e. The average Bonchev–Trinajstić information content (AvgIpc) is 3.35. The molecule has 1 N–H and O–H groups in total. The van der Waals surface area contributed by atoms with Gasteiger partial charge in [0.1, 0.15) is 6.10 Å². The summed E-state index contributed by atoms with van der Waals surface area (Å²) in [5.41, 5.74) is 1.93. The smallest absolute Gasteiger partial charge is 0.260 e. The average molecular weight is 370 g/mol. The molecule has 1 saturated heterocycles. The van der Waals surface area contributed by atoms with E-state index in [9.17, 15) is 4.79 Å². The Morgan fingerprint density at radius 2 is 1.88 bits per heavy atom. The van der Waals surface area contributed by atoms with Gasteiger partial charge in [-0.1, -0.05) is 41.0 Å². The van der Waals surface area contributed by atoms with Crippen molar-refractivity contribution in [2.75, 3.05) is 11.9 Å². The number of hydrogen-bond donors (Lipinski definition) is 1. The minimum atomic E-state index is -0.413. The van der Waals surface area contributed by atoms with Crippen LogP contribution in [0.15, 0.2) is 53.1 Å². The zero-order valence-corrected chi connectivity index (χ0v) is 14.6. The van der Waals surface area contributed by atoms with Gasteiger partial charge in [-0.15, -0.1) is 0 Å². The molecule has 1 aliphatic rings. The third-order valence-electron chi connectivity index (χ3n) is 4.18. The monoisotopic (exact) mass is 369 g/mol. The lowest BCUT2D eigenvalue weighted by molar-refractivity contribution is -0.124. The predicted molar refractivity (Wildman–Crippen MR) is 97.8 cm³/mol. The van der Waals surface area contributed by atoms with Gasteiger partial charge in [-0.2, -0.15) is 4.98 Å². The van der Waals surface area contributed by atoms with E-state index in [2.05, 4.69) is 15.5 Å². The second-order valence-corrected chi connectivity index (χ2v) is 6.35. The second-order valence-electron chi connectivity index (χ2n) is 5.94. The van der Waals surface area contributed by atoms with E-state index in [4.69, 9.17) is 20.9 Å². The molecule has 1 unspecified atom stereocenters. The van der Waals surface area contributed by atoms with Crippen LogP contribution in [0.25, 0.3) is 22.8 Å². The van der Waals surface area contributed by atoms with Crippen LogP contribution >= 0.6 is 11.6 Å². The largest absolute Gasteiger partial charge is 0.368 e. The zero-order valence-electron chi connectivity index (χ0n) is 13.8. The molecule has 0 saturated carbocycles. The molecule has 1 atom stereocenters. The molecule has 26 heavy (non-hydrogen) atoms. The van der Waals surface area contributed by atoms with Gasteiger partial charge in [-0.3, -0.25) is 4.79 Å². The number of carbonyl (C=O) groups is 1. The van der Waals surface area contributed by atoms with Crippen LogP contribution in [-0.4, -0.2) is 28.8 Å². The predicted octanol–water partition coefficient (Wildman–Crippen LogP) is 4.17. The van der Waals surface area contributed by atoms with Crippen LogP contribution < -0.4 is 5.32 Å². The first kappa shape index (κ1) is 16.8. The van der Waals surface area contributed by atoms with Crippen LogP contribution in [0, 0.1) is 0 Å². The van der Waals surface area contributed by atoms with E-state index in [0.29, 0.717) is 40.2 Å². The van der Waals surface area contributed by atoms with Crippen molar-refractivity contribution >= 4 is 23.2 Å². The van der Waals surface area contributed by atoms with Crippen LogP contribution in [0.5, 0.6) is 0 Å². The Labute approximate surface area is 155 Å². The normalized spacial score (nSPS) is 16.6. The summed E-state index contributed by atoms with van der Waals surface area (Å²) >= 11 is 6.19. The number of nitrogens with zero attached hydrogens (tertiary/aromatic N) is 2. The number of benzene rings is 2. The number of carbonyl (C=O) groups excluding carboxylic acids is 1. The molecule has 1 amide bonds. The van der Waals surface area contributed by atoms with Crippen molar-refractivity contribution in [3.05, 3.63) is 53.6 Å². The minimum Gasteiger partial charge on any atom is -0.368 e. The fourth-order valence-electron chi connectivity index (χ4n) is 2.86. The summed E-state index contributed by atoms with van der Waals surface area (Å²) in [5.74, 6) is 0.537. The van der Waals surface area contributed by atoms with E-state index in [0.717, 1.165) is 12.8 Å². The van der Waals surface area contributed by atoms with Crippen LogP contribution in [0.4, 0.5) is 5.69 Å². The molecule has 4 rings (SSSR count). The lowest BCUT2D eigenvalue weighted by atomic mass is 10.1. The molecule has 1 aromatic heterocycles. The third-order valence-corrected chi connectivity index (χ3v) is 4.51. The Hall–Kier alpha value is -2.70. The number of amides is 1. The molecule has 2 heterocycles. The Kier molecular flexibility index (Phi) is 4.69. The number of aromatic nitrogens is 2. The molecule has 0 radical (unpaired) electrons. The first-order chi connectivity index (χ1) is 12.7. The van der Waals surface area contributed by atoms with E-state index < -0.39 is 6.10 Å². The Balaban J connectivity index is 1.62. The number of rotatable bonds is 4. The topological polar surface area (TPSA) is 77.3 Å². The van der Waals surface area contributed by atoms with Crippen LogP contribution in [-0.2, 0) is 9.53 Å². The van der Waals surface area contributed by atoms with Gasteiger partial charge in [0.25, 0.3) is 11.8 Å². The minimum absolute atomic E-state index is 0.166. The van der Waals surface area contributed by atoms with Crippen LogP contribution in [0.2, 0.25) is 5.02 Å². The molecule has 2 aromatic carbocycles. The number of halogens is 1. The van der Waals surface area contributed by atoms with Crippen molar-refractivity contribution in [3.63, 3.8) is 0 Å². The third kappa shape index (κ3) is 3.34. The van der Waals surface area contributed by atoms with Crippen molar-refractivity contribution in [3.8, 4) is 22.8 Å². The molecule has 0 bridgehead atoms. The summed E-state index contributed by atoms with van der Waals surface area (Å²) in [5, 5.41) is 7.45. The number of hydrogen-bond acceptors (Lipinski definition) is 5. The molecule has 0 spiro atoms. The van der Waals surface area contributed by atoms with Gasteiger partial charge in [0.2, 0.25) is 5.82 Å². The Morgan fingerprint density at radius 3 is 2.65 bits per heavy atom. The standard InChI is InChI=1S/C19H16ClN3O3/c20-14-8-3-1-6-12(14)17-22-19(26-23-17)13-7-2-4-9-15(13)21-18(24)16-10-5-11-25-16/h1-4,6-9,16H,5,10-11H2,(H,21,24). The van der Waals surface area contributed by atoms with E-state index in [1.165, 1.54) is 0 Å². The van der Waals surface area contributed by atoms with Crippen LogP contribution in [0.3, 0.4) is 0 Å². The van der Waals surface area contributed by atoms with E-state index >= 15 is 0 Å². The maximum atomic E-state index is 12.3. The van der Waals surface area contributed by atoms with Gasteiger partial charge in [0.05, 0.1) is 16.3 Å². The first-order valence-corrected chi connectivity index (χ1v) is 8.70. The van der Waals surface area contributed by atoms with Crippen molar-refractivity contribution < 1.29 is 14.1 Å². The summed E-state index contributed by atoms with van der Waals surface area (Å²) in [4.78, 5) is 16.8. The number of para-hydroxylation sites is 1. The lowest BCUT2D eigenvalue weighted by Gasteiger charge is -2.12. The number of anilines is 1. The molecule has 7 heteroatoms. The van der Waals surface area contributed by atoms with Gasteiger partial charge in [-0.05, 0) is 37.1 Å². The molecular weight excluding hydrogens is 354 g/mol. The molecule has 0 aliphatic carbocycles. The summed E-state index contributed by atoms with van der Waals surface area (Å²) in [7, 11) is 0. The maximum absolute atomic E-state index is 12.3. The first-order valence-electron chi connectivity index (χ1n) is 8.33. The Bertz CT molecular complexity index is 935. The quantitative estimate of drug-likeness (QED) is 0.746. The highest BCUT2D eigenvalue weighted by molar-refractivity contribution is 6.33. The van der Waals surface area contributed by atoms with Gasteiger partial charge in [0, 0.05) is 12.2 Å². The molecule has 3 aromatic rings. The SMILES string of the molecule is O=C(Nc1ccccc1-c1nc(-c2ccccc2Cl)no1)C1CCCO1. The Morgan fingerprint density at radius 1 is 1.12 bits per heavy atom. The highest BCUT2D eigenvalue weighted by Gasteiger charge is 2.25. The van der Waals surface area contributed by atoms with E-state index in [1.54, 1.807) is 12.1 Å². The van der Waals surface area contributed by atoms with Crippen molar-refractivity contribution in [1.29, 1.82) is 0 Å². The fourth-order valence-corrected chi connectivity index (χ4v) is 3.08. The molecular formula is C19H16ClN3O3. The molecule has 1 aliphatic heterocycles. The second kappa shape index (κ2) is 7.27. The van der Waals surface area contributed by atoms with Gasteiger partial charge in [-0.25, -0.2) is 0 Å². The van der Waals surface area contributed by atoms with Gasteiger partial charge in [0.15, 0.2) is 0 Å². The van der Waals surface area contributed by atoms with E-state index in [-0.39, 0.29) is 5.91 Å². The van der Waals surface area contributed by atoms with Crippen molar-refractivity contribution in [2.24, 2.45) is 0 Å². The summed E-state index contributed by atoms with van der Waals surface area (Å²) < 4.78 is 10.8.